The third kappa shape index (κ3) is 3.56. The first kappa shape index (κ1) is 7.99. The maximum Gasteiger partial charge on any atom is 0.338 e. The zero-order chi connectivity index (χ0) is 7.11. The van der Waals surface area contributed by atoms with E-state index in [0.717, 1.165) is 5.06 Å². The highest BCUT2D eigenvalue weighted by molar-refractivity contribution is 5.46. The zero-order valence-corrected chi connectivity index (χ0v) is 5.26. The van der Waals surface area contributed by atoms with E-state index in [1.165, 1.54) is 6.41 Å². The van der Waals surface area contributed by atoms with E-state index in [-0.39, 0.29) is 6.54 Å². The average Bonchev–Trinajstić information content (AvgIpc) is 1.88. The summed E-state index contributed by atoms with van der Waals surface area (Å²) in [5, 5.41) is 0.944. The molecular formula is C6H8NO2. The third-order valence-electron chi connectivity index (χ3n) is 0.622. The van der Waals surface area contributed by atoms with Crippen molar-refractivity contribution in [2.75, 3.05) is 13.2 Å². The number of hydroxylamine groups is 2. The fourth-order valence-electron chi connectivity index (χ4n) is 0.343. The van der Waals surface area contributed by atoms with Crippen LogP contribution in [0.25, 0.3) is 0 Å². The third-order valence-corrected chi connectivity index (χ3v) is 0.622. The Kier molecular flexibility index (Phi) is 4.56. The molecular weight excluding hydrogens is 118 g/mol. The highest BCUT2D eigenvalue weighted by Gasteiger charge is 1.96. The summed E-state index contributed by atoms with van der Waals surface area (Å²) in [6.45, 7) is 2.34. The van der Waals surface area contributed by atoms with E-state index in [9.17, 15) is 4.79 Å². The van der Waals surface area contributed by atoms with Crippen LogP contribution in [0.5, 0.6) is 0 Å². The van der Waals surface area contributed by atoms with Gasteiger partial charge in [0.15, 0.2) is 0 Å². The number of hydrogen-bond donors (Lipinski definition) is 0. The van der Waals surface area contributed by atoms with E-state index in [2.05, 4.69) is 5.92 Å². The molecule has 0 heterocycles. The Bertz CT molecular complexity index is 117. The van der Waals surface area contributed by atoms with Crippen molar-refractivity contribution < 1.29 is 9.63 Å². The average molecular weight is 126 g/mol. The molecule has 0 fully saturated rings. The second kappa shape index (κ2) is 5.13. The van der Waals surface area contributed by atoms with Gasteiger partial charge in [-0.2, -0.15) is 0 Å². The molecule has 0 aliphatic carbocycles. The van der Waals surface area contributed by atoms with Gasteiger partial charge in [0, 0.05) is 0 Å². The van der Waals surface area contributed by atoms with Gasteiger partial charge in [0.05, 0.1) is 6.61 Å². The van der Waals surface area contributed by atoms with Gasteiger partial charge in [0.25, 0.3) is 0 Å². The van der Waals surface area contributed by atoms with Crippen molar-refractivity contribution in [3.8, 4) is 12.3 Å². The van der Waals surface area contributed by atoms with E-state index in [1.54, 1.807) is 6.92 Å². The first-order valence-corrected chi connectivity index (χ1v) is 2.56. The molecule has 9 heavy (non-hydrogen) atoms. The second-order valence-electron chi connectivity index (χ2n) is 1.25. The summed E-state index contributed by atoms with van der Waals surface area (Å²) in [7, 11) is 0. The molecule has 0 aromatic carbocycles. The lowest BCUT2D eigenvalue weighted by atomic mass is 10.7. The quantitative estimate of drug-likeness (QED) is 0.300. The number of amides is 1. The number of hydrogen-bond acceptors (Lipinski definition) is 2. The molecule has 0 aromatic rings. The van der Waals surface area contributed by atoms with Crippen molar-refractivity contribution in [1.29, 1.82) is 0 Å². The van der Waals surface area contributed by atoms with Gasteiger partial charge in [-0.1, -0.05) is 5.92 Å². The van der Waals surface area contributed by atoms with Crippen LogP contribution >= 0.6 is 0 Å². The molecule has 0 bridgehead atoms. The molecule has 0 saturated heterocycles. The highest BCUT2D eigenvalue weighted by atomic mass is 16.7. The maximum absolute atomic E-state index is 9.87. The fraction of sp³-hybridized carbons (Fsp3) is 0.500. The molecule has 0 aliphatic rings. The van der Waals surface area contributed by atoms with Crippen LogP contribution in [-0.4, -0.2) is 24.6 Å². The molecule has 0 saturated carbocycles. The van der Waals surface area contributed by atoms with Gasteiger partial charge in [-0.05, 0) is 6.92 Å². The monoisotopic (exact) mass is 126 g/mol. The topological polar surface area (TPSA) is 29.5 Å². The van der Waals surface area contributed by atoms with Crippen molar-refractivity contribution in [2.45, 2.75) is 6.92 Å². The first-order chi connectivity index (χ1) is 4.35. The molecule has 0 aromatic heterocycles. The first-order valence-electron chi connectivity index (χ1n) is 2.56. The number of nitrogens with zero attached hydrogens (tertiary/aromatic N) is 1. The normalized spacial score (nSPS) is 8.00. The Labute approximate surface area is 54.6 Å². The van der Waals surface area contributed by atoms with Crippen LogP contribution in [0.15, 0.2) is 0 Å². The van der Waals surface area contributed by atoms with Crippen LogP contribution < -0.4 is 0 Å². The van der Waals surface area contributed by atoms with Crippen molar-refractivity contribution in [3.63, 3.8) is 0 Å². The predicted octanol–water partition coefficient (Wildman–Crippen LogP) is -0.0597. The minimum absolute atomic E-state index is 0.150. The largest absolute Gasteiger partial charge is 0.338 e. The van der Waals surface area contributed by atoms with Gasteiger partial charge in [-0.15, -0.1) is 6.42 Å². The van der Waals surface area contributed by atoms with E-state index in [4.69, 9.17) is 11.3 Å². The summed E-state index contributed by atoms with van der Waals surface area (Å²) < 4.78 is 0. The van der Waals surface area contributed by atoms with Crippen LogP contribution in [0.4, 0.5) is 0 Å². The number of carbonyl (C=O) groups excluding carboxylic acids is 1. The minimum Gasteiger partial charge on any atom is -0.270 e. The summed E-state index contributed by atoms with van der Waals surface area (Å²) in [6, 6.07) is 0. The van der Waals surface area contributed by atoms with Gasteiger partial charge in [0.2, 0.25) is 0 Å². The smallest absolute Gasteiger partial charge is 0.270 e. The Hall–Kier alpha value is -1.01. The van der Waals surface area contributed by atoms with Crippen LogP contribution in [0.1, 0.15) is 6.92 Å². The Morgan fingerprint density at radius 2 is 2.44 bits per heavy atom. The summed E-state index contributed by atoms with van der Waals surface area (Å²) in [6.07, 6.45) is 6.41. The summed E-state index contributed by atoms with van der Waals surface area (Å²) in [5.41, 5.74) is 0. The predicted molar refractivity (Wildman–Crippen MR) is 32.9 cm³/mol. The molecule has 0 unspecified atom stereocenters. The number of rotatable bonds is 4. The number of terminal acetylenes is 1. The molecule has 1 radical (unpaired) electrons. The molecule has 3 heteroatoms. The van der Waals surface area contributed by atoms with Crippen LogP contribution in [-0.2, 0) is 9.63 Å². The molecule has 0 N–H and O–H groups in total. The molecule has 0 spiro atoms. The van der Waals surface area contributed by atoms with Crippen molar-refractivity contribution in [1.82, 2.24) is 5.06 Å². The van der Waals surface area contributed by atoms with Crippen LogP contribution in [0.3, 0.4) is 0 Å². The van der Waals surface area contributed by atoms with E-state index in [0.29, 0.717) is 6.61 Å². The summed E-state index contributed by atoms with van der Waals surface area (Å²) in [5.74, 6) is 2.24. The van der Waals surface area contributed by atoms with Gasteiger partial charge in [0.1, 0.15) is 6.54 Å². The Morgan fingerprint density at radius 3 is 2.78 bits per heavy atom. The van der Waals surface area contributed by atoms with Crippen molar-refractivity contribution >= 4 is 6.41 Å². The lowest BCUT2D eigenvalue weighted by Crippen LogP contribution is -2.22. The lowest BCUT2D eigenvalue weighted by molar-refractivity contribution is -0.0845. The van der Waals surface area contributed by atoms with E-state index >= 15 is 0 Å². The lowest BCUT2D eigenvalue weighted by Gasteiger charge is -2.09. The zero-order valence-electron chi connectivity index (χ0n) is 5.26. The fourth-order valence-corrected chi connectivity index (χ4v) is 0.343. The van der Waals surface area contributed by atoms with Crippen molar-refractivity contribution in [2.24, 2.45) is 0 Å². The van der Waals surface area contributed by atoms with E-state index in [1.807, 2.05) is 0 Å². The van der Waals surface area contributed by atoms with Gasteiger partial charge in [-0.3, -0.25) is 9.63 Å². The Morgan fingerprint density at radius 1 is 1.78 bits per heavy atom. The maximum atomic E-state index is 9.87. The Balaban J connectivity index is 3.44. The van der Waals surface area contributed by atoms with Crippen LogP contribution in [0.2, 0.25) is 0 Å². The molecule has 1 amide bonds. The van der Waals surface area contributed by atoms with Gasteiger partial charge < -0.3 is 0 Å². The van der Waals surface area contributed by atoms with Crippen molar-refractivity contribution in [3.05, 3.63) is 0 Å². The molecule has 0 rings (SSSR count). The van der Waals surface area contributed by atoms with E-state index < -0.39 is 0 Å². The van der Waals surface area contributed by atoms with Crippen LogP contribution in [0, 0.1) is 12.3 Å². The SMILES string of the molecule is C#CCN([C]=O)OCC. The standard InChI is InChI=1S/C6H8NO2/c1-3-5-7(6-8)9-4-2/h1H,4-5H2,2H3. The molecule has 49 valence electrons. The molecule has 0 aliphatic heterocycles. The molecule has 0 atom stereocenters. The summed E-state index contributed by atoms with van der Waals surface area (Å²) in [4.78, 5) is 14.6. The van der Waals surface area contributed by atoms with Gasteiger partial charge in [-0.25, -0.2) is 5.06 Å². The second-order valence-corrected chi connectivity index (χ2v) is 1.25. The highest BCUT2D eigenvalue weighted by Crippen LogP contribution is 1.81. The minimum atomic E-state index is 0.150. The summed E-state index contributed by atoms with van der Waals surface area (Å²) >= 11 is 0. The van der Waals surface area contributed by atoms with Gasteiger partial charge >= 0.3 is 6.41 Å². The molecule has 3 nitrogen and oxygen atoms in total.